The molecule has 0 radical (unpaired) electrons. The van der Waals surface area contributed by atoms with Crippen LogP contribution in [0.2, 0.25) is 0 Å². The van der Waals surface area contributed by atoms with E-state index in [4.69, 9.17) is 4.74 Å². The Morgan fingerprint density at radius 3 is 2.74 bits per heavy atom. The standard InChI is InChI=1S/C19H24N4O3S/c1-13-6-7-15(26-4)14(10-13)11-27-9-5-8-23-18(24)16-17(20-12-21(16)2)22(3)19(23)25/h6-7,10,12H,5,8-9,11H2,1-4H3. The van der Waals surface area contributed by atoms with Gasteiger partial charge in [0.05, 0.1) is 13.4 Å². The van der Waals surface area contributed by atoms with Crippen molar-refractivity contribution in [2.75, 3.05) is 12.9 Å². The minimum Gasteiger partial charge on any atom is -0.496 e. The number of ether oxygens (including phenoxy) is 1. The normalized spacial score (nSPS) is 11.3. The summed E-state index contributed by atoms with van der Waals surface area (Å²) in [5, 5.41) is 0. The van der Waals surface area contributed by atoms with E-state index < -0.39 is 0 Å². The Morgan fingerprint density at radius 2 is 2.00 bits per heavy atom. The minimum atomic E-state index is -0.323. The van der Waals surface area contributed by atoms with Gasteiger partial charge in [-0.15, -0.1) is 0 Å². The highest BCUT2D eigenvalue weighted by Crippen LogP contribution is 2.24. The quantitative estimate of drug-likeness (QED) is 0.580. The molecule has 0 aliphatic rings. The van der Waals surface area contributed by atoms with Crippen LogP contribution < -0.4 is 16.0 Å². The maximum absolute atomic E-state index is 12.7. The summed E-state index contributed by atoms with van der Waals surface area (Å²) in [5.41, 5.74) is 2.63. The summed E-state index contributed by atoms with van der Waals surface area (Å²) in [5.74, 6) is 2.56. The summed E-state index contributed by atoms with van der Waals surface area (Å²) in [4.78, 5) is 29.3. The van der Waals surface area contributed by atoms with Gasteiger partial charge in [-0.1, -0.05) is 17.7 Å². The van der Waals surface area contributed by atoms with Gasteiger partial charge in [0, 0.05) is 32.0 Å². The van der Waals surface area contributed by atoms with E-state index in [-0.39, 0.29) is 11.2 Å². The number of rotatable bonds is 7. The maximum atomic E-state index is 12.7. The van der Waals surface area contributed by atoms with E-state index in [1.807, 2.05) is 12.1 Å². The summed E-state index contributed by atoms with van der Waals surface area (Å²) < 4.78 is 9.80. The van der Waals surface area contributed by atoms with Gasteiger partial charge < -0.3 is 9.30 Å². The zero-order chi connectivity index (χ0) is 19.6. The van der Waals surface area contributed by atoms with Crippen LogP contribution in [0.4, 0.5) is 0 Å². The van der Waals surface area contributed by atoms with E-state index >= 15 is 0 Å². The molecule has 3 aromatic rings. The molecule has 2 heterocycles. The lowest BCUT2D eigenvalue weighted by Crippen LogP contribution is -2.39. The van der Waals surface area contributed by atoms with Crippen LogP contribution in [-0.2, 0) is 26.4 Å². The van der Waals surface area contributed by atoms with Crippen LogP contribution in [0, 0.1) is 6.92 Å². The monoisotopic (exact) mass is 388 g/mol. The molecule has 0 unspecified atom stereocenters. The van der Waals surface area contributed by atoms with Crippen LogP contribution >= 0.6 is 11.8 Å². The van der Waals surface area contributed by atoms with E-state index in [9.17, 15) is 9.59 Å². The largest absolute Gasteiger partial charge is 0.496 e. The predicted molar refractivity (Wildman–Crippen MR) is 109 cm³/mol. The molecule has 1 aromatic carbocycles. The Balaban J connectivity index is 1.67. The zero-order valence-corrected chi connectivity index (χ0v) is 16.9. The number of methoxy groups -OCH3 is 1. The molecular weight excluding hydrogens is 364 g/mol. The number of aryl methyl sites for hydroxylation is 3. The minimum absolute atomic E-state index is 0.279. The molecule has 7 nitrogen and oxygen atoms in total. The first-order valence-corrected chi connectivity index (χ1v) is 9.91. The van der Waals surface area contributed by atoms with Gasteiger partial charge in [-0.25, -0.2) is 9.78 Å². The van der Waals surface area contributed by atoms with Crippen LogP contribution in [0.15, 0.2) is 34.1 Å². The SMILES string of the molecule is COc1ccc(C)cc1CSCCCn1c(=O)c2c(ncn2C)n(C)c1=O. The Morgan fingerprint density at radius 1 is 1.22 bits per heavy atom. The summed E-state index contributed by atoms with van der Waals surface area (Å²) in [6, 6.07) is 6.14. The molecule has 0 saturated carbocycles. The lowest BCUT2D eigenvalue weighted by Gasteiger charge is -2.10. The first-order chi connectivity index (χ1) is 12.9. The Labute approximate surface area is 161 Å². The number of hydrogen-bond acceptors (Lipinski definition) is 5. The fourth-order valence-electron chi connectivity index (χ4n) is 3.12. The molecule has 0 aliphatic heterocycles. The maximum Gasteiger partial charge on any atom is 0.332 e. The van der Waals surface area contributed by atoms with Crippen LogP contribution in [0.3, 0.4) is 0 Å². The number of hydrogen-bond donors (Lipinski definition) is 0. The lowest BCUT2D eigenvalue weighted by atomic mass is 10.1. The van der Waals surface area contributed by atoms with Gasteiger partial charge in [0.25, 0.3) is 5.56 Å². The molecule has 0 atom stereocenters. The van der Waals surface area contributed by atoms with Crippen molar-refractivity contribution in [1.29, 1.82) is 0 Å². The number of nitrogens with zero attached hydrogens (tertiary/aromatic N) is 4. The van der Waals surface area contributed by atoms with Crippen molar-refractivity contribution in [3.63, 3.8) is 0 Å². The second-order valence-electron chi connectivity index (χ2n) is 6.55. The second-order valence-corrected chi connectivity index (χ2v) is 7.65. The topological polar surface area (TPSA) is 71.1 Å². The van der Waals surface area contributed by atoms with Crippen molar-refractivity contribution in [1.82, 2.24) is 18.7 Å². The molecule has 0 spiro atoms. The van der Waals surface area contributed by atoms with Gasteiger partial charge in [0.15, 0.2) is 11.2 Å². The number of imidazole rings is 1. The van der Waals surface area contributed by atoms with Crippen molar-refractivity contribution in [2.45, 2.75) is 25.6 Å². The molecule has 0 amide bonds. The highest BCUT2D eigenvalue weighted by Gasteiger charge is 2.14. The van der Waals surface area contributed by atoms with E-state index in [0.29, 0.717) is 17.7 Å². The molecule has 3 rings (SSSR count). The van der Waals surface area contributed by atoms with Crippen LogP contribution in [0.5, 0.6) is 5.75 Å². The number of aromatic nitrogens is 4. The highest BCUT2D eigenvalue weighted by molar-refractivity contribution is 7.98. The summed E-state index contributed by atoms with van der Waals surface area (Å²) >= 11 is 1.77. The van der Waals surface area contributed by atoms with E-state index in [0.717, 1.165) is 29.2 Å². The molecule has 2 aromatic heterocycles. The third-order valence-corrected chi connectivity index (χ3v) is 5.66. The Kier molecular flexibility index (Phi) is 5.74. The number of benzene rings is 1. The average molecular weight is 388 g/mol. The van der Waals surface area contributed by atoms with Crippen molar-refractivity contribution >= 4 is 22.9 Å². The summed E-state index contributed by atoms with van der Waals surface area (Å²) in [7, 11) is 5.08. The number of thioether (sulfide) groups is 1. The first kappa shape index (κ1) is 19.3. The predicted octanol–water partition coefficient (Wildman–Crippen LogP) is 2.07. The van der Waals surface area contributed by atoms with Crippen molar-refractivity contribution in [2.24, 2.45) is 14.1 Å². The van der Waals surface area contributed by atoms with Crippen molar-refractivity contribution < 1.29 is 4.74 Å². The third-order valence-electron chi connectivity index (χ3n) is 4.56. The van der Waals surface area contributed by atoms with E-state index in [1.165, 1.54) is 14.7 Å². The van der Waals surface area contributed by atoms with Crippen molar-refractivity contribution in [3.8, 4) is 5.75 Å². The molecule has 0 fully saturated rings. The van der Waals surface area contributed by atoms with Gasteiger partial charge in [-0.05, 0) is 25.2 Å². The van der Waals surface area contributed by atoms with Gasteiger partial charge in [-0.3, -0.25) is 13.9 Å². The van der Waals surface area contributed by atoms with Crippen LogP contribution in [-0.4, -0.2) is 31.5 Å². The fraction of sp³-hybridized carbons (Fsp3) is 0.421. The fourth-order valence-corrected chi connectivity index (χ4v) is 4.04. The molecule has 0 saturated heterocycles. The summed E-state index contributed by atoms with van der Waals surface area (Å²) in [6.07, 6.45) is 2.29. The van der Waals surface area contributed by atoms with Crippen LogP contribution in [0.25, 0.3) is 11.2 Å². The molecule has 0 N–H and O–H groups in total. The third kappa shape index (κ3) is 3.80. The summed E-state index contributed by atoms with van der Waals surface area (Å²) in [6.45, 7) is 2.45. The molecule has 144 valence electrons. The lowest BCUT2D eigenvalue weighted by molar-refractivity contribution is 0.411. The Hall–Kier alpha value is -2.48. The average Bonchev–Trinajstić information content (AvgIpc) is 3.04. The molecular formula is C19H24N4O3S. The molecule has 0 aliphatic carbocycles. The zero-order valence-electron chi connectivity index (χ0n) is 16.1. The second kappa shape index (κ2) is 8.04. The van der Waals surface area contributed by atoms with E-state index in [1.54, 1.807) is 43.9 Å². The van der Waals surface area contributed by atoms with Gasteiger partial charge in [0.1, 0.15) is 5.75 Å². The Bertz CT molecular complexity index is 1080. The van der Waals surface area contributed by atoms with Crippen molar-refractivity contribution in [3.05, 3.63) is 56.5 Å². The first-order valence-electron chi connectivity index (χ1n) is 8.76. The van der Waals surface area contributed by atoms with Gasteiger partial charge in [0.2, 0.25) is 0 Å². The molecule has 0 bridgehead atoms. The van der Waals surface area contributed by atoms with E-state index in [2.05, 4.69) is 18.0 Å². The van der Waals surface area contributed by atoms with Gasteiger partial charge >= 0.3 is 5.69 Å². The van der Waals surface area contributed by atoms with Gasteiger partial charge in [-0.2, -0.15) is 11.8 Å². The highest BCUT2D eigenvalue weighted by atomic mass is 32.2. The molecule has 27 heavy (non-hydrogen) atoms. The number of fused-ring (bicyclic) bond motifs is 1. The van der Waals surface area contributed by atoms with Crippen LogP contribution in [0.1, 0.15) is 17.5 Å². The smallest absolute Gasteiger partial charge is 0.332 e. The molecule has 8 heteroatoms.